The van der Waals surface area contributed by atoms with Gasteiger partial charge in [0.15, 0.2) is 0 Å². The molecule has 0 bridgehead atoms. The molecule has 1 N–H and O–H groups in total. The van der Waals surface area contributed by atoms with Gasteiger partial charge in [-0.05, 0) is 50.6 Å². The zero-order valence-electron chi connectivity index (χ0n) is 15.8. The highest BCUT2D eigenvalue weighted by Gasteiger charge is 2.37. The molecule has 2 aliphatic rings. The normalized spacial score (nSPS) is 21.2. The molecular formula is C20H26FN3O3. The van der Waals surface area contributed by atoms with Gasteiger partial charge in [-0.1, -0.05) is 18.6 Å². The van der Waals surface area contributed by atoms with Crippen LogP contribution in [0.1, 0.15) is 37.8 Å². The molecule has 3 rings (SSSR count). The number of urea groups is 1. The van der Waals surface area contributed by atoms with E-state index in [4.69, 9.17) is 4.74 Å². The second-order valence-corrected chi connectivity index (χ2v) is 6.91. The van der Waals surface area contributed by atoms with Gasteiger partial charge in [0.1, 0.15) is 5.82 Å². The van der Waals surface area contributed by atoms with Crippen molar-refractivity contribution in [3.8, 4) is 0 Å². The fraction of sp³-hybridized carbons (Fsp3) is 0.500. The molecule has 1 atom stereocenters. The van der Waals surface area contributed by atoms with Crippen LogP contribution < -0.4 is 5.32 Å². The minimum absolute atomic E-state index is 0.229. The van der Waals surface area contributed by atoms with Gasteiger partial charge in [-0.25, -0.2) is 14.0 Å². The van der Waals surface area contributed by atoms with Gasteiger partial charge in [-0.2, -0.15) is 0 Å². The number of carbonyl (C=O) groups is 2. The number of ether oxygens (including phenoxy) is 1. The average molecular weight is 375 g/mol. The van der Waals surface area contributed by atoms with E-state index in [1.165, 1.54) is 23.5 Å². The first-order valence-electron chi connectivity index (χ1n) is 9.43. The summed E-state index contributed by atoms with van der Waals surface area (Å²) in [5.74, 6) is -0.896. The minimum atomic E-state index is -0.733. The third kappa shape index (κ3) is 4.30. The van der Waals surface area contributed by atoms with E-state index in [2.05, 4.69) is 10.2 Å². The van der Waals surface area contributed by atoms with Crippen LogP contribution in [0.15, 0.2) is 35.5 Å². The Balaban J connectivity index is 2.04. The Labute approximate surface area is 159 Å². The van der Waals surface area contributed by atoms with Crippen molar-refractivity contribution >= 4 is 12.0 Å². The van der Waals surface area contributed by atoms with Crippen LogP contribution in [0, 0.1) is 5.82 Å². The predicted molar refractivity (Wildman–Crippen MR) is 99.4 cm³/mol. The summed E-state index contributed by atoms with van der Waals surface area (Å²) < 4.78 is 19.1. The predicted octanol–water partition coefficient (Wildman–Crippen LogP) is 2.82. The molecule has 2 aliphatic heterocycles. The Morgan fingerprint density at radius 1 is 1.30 bits per heavy atom. The van der Waals surface area contributed by atoms with Gasteiger partial charge in [-0.3, -0.25) is 9.80 Å². The first-order chi connectivity index (χ1) is 13.0. The zero-order chi connectivity index (χ0) is 19.4. The molecule has 2 heterocycles. The van der Waals surface area contributed by atoms with E-state index in [1.807, 2.05) is 0 Å². The number of hydrogen-bond donors (Lipinski definition) is 1. The molecule has 0 spiro atoms. The SMILES string of the molecule is CCOC(=O)C1=C(CN2CCCCC2)N(C)C(=O)N[C@@H]1c1cccc(F)c1. The van der Waals surface area contributed by atoms with Gasteiger partial charge in [0.05, 0.1) is 18.2 Å². The van der Waals surface area contributed by atoms with Gasteiger partial charge in [0.25, 0.3) is 0 Å². The monoisotopic (exact) mass is 375 g/mol. The fourth-order valence-electron chi connectivity index (χ4n) is 3.66. The van der Waals surface area contributed by atoms with Crippen LogP contribution in [0.4, 0.5) is 9.18 Å². The maximum atomic E-state index is 13.8. The van der Waals surface area contributed by atoms with E-state index in [1.54, 1.807) is 26.1 Å². The number of nitrogens with one attached hydrogen (secondary N) is 1. The van der Waals surface area contributed by atoms with Crippen molar-refractivity contribution in [3.05, 3.63) is 46.9 Å². The quantitative estimate of drug-likeness (QED) is 0.804. The summed E-state index contributed by atoms with van der Waals surface area (Å²) in [6.45, 7) is 4.32. The van der Waals surface area contributed by atoms with Crippen molar-refractivity contribution in [2.75, 3.05) is 33.3 Å². The van der Waals surface area contributed by atoms with E-state index in [0.29, 0.717) is 23.4 Å². The molecule has 0 saturated carbocycles. The number of esters is 1. The third-order valence-corrected chi connectivity index (χ3v) is 5.08. The number of likely N-dealkylation sites (tertiary alicyclic amines) is 1. The van der Waals surface area contributed by atoms with E-state index in [-0.39, 0.29) is 12.6 Å². The number of nitrogens with zero attached hydrogens (tertiary/aromatic N) is 2. The van der Waals surface area contributed by atoms with E-state index >= 15 is 0 Å². The smallest absolute Gasteiger partial charge is 0.338 e. The van der Waals surface area contributed by atoms with Crippen molar-refractivity contribution in [1.82, 2.24) is 15.1 Å². The van der Waals surface area contributed by atoms with Crippen LogP contribution in [0.2, 0.25) is 0 Å². The molecular weight excluding hydrogens is 349 g/mol. The zero-order valence-corrected chi connectivity index (χ0v) is 15.8. The van der Waals surface area contributed by atoms with Crippen LogP contribution in [0.3, 0.4) is 0 Å². The van der Waals surface area contributed by atoms with Crippen LogP contribution in [0.5, 0.6) is 0 Å². The number of likely N-dealkylation sites (N-methyl/N-ethyl adjacent to an activating group) is 1. The molecule has 1 aromatic carbocycles. The lowest BCUT2D eigenvalue weighted by atomic mass is 9.94. The lowest BCUT2D eigenvalue weighted by Gasteiger charge is -2.37. The van der Waals surface area contributed by atoms with Gasteiger partial charge >= 0.3 is 12.0 Å². The Kier molecular flexibility index (Phi) is 6.11. The molecule has 27 heavy (non-hydrogen) atoms. The summed E-state index contributed by atoms with van der Waals surface area (Å²) in [5.41, 5.74) is 1.51. The van der Waals surface area contributed by atoms with Crippen LogP contribution >= 0.6 is 0 Å². The Hall–Kier alpha value is -2.41. The Morgan fingerprint density at radius 3 is 2.70 bits per heavy atom. The molecule has 0 aromatic heterocycles. The summed E-state index contributed by atoms with van der Waals surface area (Å²) in [5, 5.41) is 2.81. The summed E-state index contributed by atoms with van der Waals surface area (Å²) >= 11 is 0. The summed E-state index contributed by atoms with van der Waals surface area (Å²) in [4.78, 5) is 29.1. The van der Waals surface area contributed by atoms with Crippen LogP contribution in [-0.4, -0.2) is 55.1 Å². The fourth-order valence-corrected chi connectivity index (χ4v) is 3.66. The molecule has 1 saturated heterocycles. The highest BCUT2D eigenvalue weighted by atomic mass is 19.1. The van der Waals surface area contributed by atoms with Crippen LogP contribution in [-0.2, 0) is 9.53 Å². The van der Waals surface area contributed by atoms with Crippen molar-refractivity contribution < 1.29 is 18.7 Å². The molecule has 0 aliphatic carbocycles. The highest BCUT2D eigenvalue weighted by Crippen LogP contribution is 2.32. The number of amides is 2. The maximum absolute atomic E-state index is 13.8. The summed E-state index contributed by atoms with van der Waals surface area (Å²) in [6.07, 6.45) is 3.40. The second kappa shape index (κ2) is 8.52. The Morgan fingerprint density at radius 2 is 2.04 bits per heavy atom. The first kappa shape index (κ1) is 19.4. The van der Waals surface area contributed by atoms with Crippen LogP contribution in [0.25, 0.3) is 0 Å². The molecule has 0 unspecified atom stereocenters. The number of rotatable bonds is 5. The first-order valence-corrected chi connectivity index (χ1v) is 9.43. The van der Waals surface area contributed by atoms with Gasteiger partial charge in [-0.15, -0.1) is 0 Å². The van der Waals surface area contributed by atoms with E-state index < -0.39 is 17.8 Å². The molecule has 2 amide bonds. The number of carbonyl (C=O) groups excluding carboxylic acids is 2. The topological polar surface area (TPSA) is 61.9 Å². The summed E-state index contributed by atoms with van der Waals surface area (Å²) in [7, 11) is 1.65. The number of hydrogen-bond acceptors (Lipinski definition) is 4. The second-order valence-electron chi connectivity index (χ2n) is 6.91. The van der Waals surface area contributed by atoms with Gasteiger partial charge in [0, 0.05) is 19.3 Å². The standard InChI is InChI=1S/C20H26FN3O3/c1-3-27-19(25)17-16(13-24-10-5-4-6-11-24)23(2)20(26)22-18(17)14-8-7-9-15(21)12-14/h7-9,12,18H,3-6,10-11,13H2,1-2H3,(H,22,26)/t18-/m1/s1. The lowest BCUT2D eigenvalue weighted by Crippen LogP contribution is -2.49. The maximum Gasteiger partial charge on any atom is 0.338 e. The van der Waals surface area contributed by atoms with Crippen molar-refractivity contribution in [2.24, 2.45) is 0 Å². The molecule has 146 valence electrons. The van der Waals surface area contributed by atoms with Gasteiger partial charge in [0.2, 0.25) is 0 Å². The van der Waals surface area contributed by atoms with Crippen molar-refractivity contribution in [2.45, 2.75) is 32.2 Å². The lowest BCUT2D eigenvalue weighted by molar-refractivity contribution is -0.139. The number of piperidine rings is 1. The highest BCUT2D eigenvalue weighted by molar-refractivity contribution is 5.95. The number of benzene rings is 1. The van der Waals surface area contributed by atoms with E-state index in [9.17, 15) is 14.0 Å². The minimum Gasteiger partial charge on any atom is -0.463 e. The summed E-state index contributed by atoms with van der Waals surface area (Å²) in [6, 6.07) is 4.91. The van der Waals surface area contributed by atoms with E-state index in [0.717, 1.165) is 25.9 Å². The molecule has 6 nitrogen and oxygen atoms in total. The average Bonchev–Trinajstić information content (AvgIpc) is 2.66. The Bertz CT molecular complexity index is 744. The number of halogens is 1. The largest absolute Gasteiger partial charge is 0.463 e. The molecule has 7 heteroatoms. The third-order valence-electron chi connectivity index (χ3n) is 5.08. The van der Waals surface area contributed by atoms with Gasteiger partial charge < -0.3 is 10.1 Å². The van der Waals surface area contributed by atoms with Crippen molar-refractivity contribution in [3.63, 3.8) is 0 Å². The molecule has 0 radical (unpaired) electrons. The molecule has 1 fully saturated rings. The molecule has 1 aromatic rings. The van der Waals surface area contributed by atoms with Crippen molar-refractivity contribution in [1.29, 1.82) is 0 Å².